The third kappa shape index (κ3) is 4.25. The number of hydrogen-bond acceptors (Lipinski definition) is 5. The van der Waals surface area contributed by atoms with Crippen LogP contribution >= 0.6 is 11.3 Å². The van der Waals surface area contributed by atoms with Crippen LogP contribution in [-0.2, 0) is 5.41 Å². The lowest BCUT2D eigenvalue weighted by molar-refractivity contribution is 0.225. The van der Waals surface area contributed by atoms with Crippen molar-refractivity contribution in [2.24, 2.45) is 0 Å². The van der Waals surface area contributed by atoms with Gasteiger partial charge in [-0.25, -0.2) is 4.79 Å². The highest BCUT2D eigenvalue weighted by Gasteiger charge is 2.20. The summed E-state index contributed by atoms with van der Waals surface area (Å²) in [5.41, 5.74) is 0.735. The first-order valence-electron chi connectivity index (χ1n) is 6.97. The maximum atomic E-state index is 12.0. The SMILES string of the molecule is CC(C)(C)c1nnc(NC(=O)NC(CO)c2ccccc2)s1. The zero-order valence-electron chi connectivity index (χ0n) is 12.8. The van der Waals surface area contributed by atoms with Crippen molar-refractivity contribution in [3.05, 3.63) is 40.9 Å². The van der Waals surface area contributed by atoms with Crippen molar-refractivity contribution < 1.29 is 9.90 Å². The van der Waals surface area contributed by atoms with E-state index in [0.29, 0.717) is 5.13 Å². The number of nitrogens with one attached hydrogen (secondary N) is 2. The molecule has 2 rings (SSSR count). The minimum absolute atomic E-state index is 0.105. The van der Waals surface area contributed by atoms with Crippen LogP contribution in [0.25, 0.3) is 0 Å². The summed E-state index contributed by atoms with van der Waals surface area (Å²) >= 11 is 1.34. The van der Waals surface area contributed by atoms with Crippen LogP contribution in [0.4, 0.5) is 9.93 Å². The van der Waals surface area contributed by atoms with E-state index in [1.165, 1.54) is 11.3 Å². The number of rotatable bonds is 4. The molecule has 1 atom stereocenters. The van der Waals surface area contributed by atoms with Gasteiger partial charge in [0, 0.05) is 5.41 Å². The molecule has 6 nitrogen and oxygen atoms in total. The quantitative estimate of drug-likeness (QED) is 0.808. The van der Waals surface area contributed by atoms with E-state index >= 15 is 0 Å². The highest BCUT2D eigenvalue weighted by atomic mass is 32.1. The summed E-state index contributed by atoms with van der Waals surface area (Å²) in [6.45, 7) is 5.93. The predicted molar refractivity (Wildman–Crippen MR) is 87.0 cm³/mol. The molecule has 0 aliphatic carbocycles. The molecule has 1 aromatic heterocycles. The van der Waals surface area contributed by atoms with Crippen LogP contribution in [0.1, 0.15) is 37.4 Å². The van der Waals surface area contributed by atoms with E-state index in [2.05, 4.69) is 20.8 Å². The van der Waals surface area contributed by atoms with Crippen LogP contribution in [0.2, 0.25) is 0 Å². The van der Waals surface area contributed by atoms with E-state index in [4.69, 9.17) is 0 Å². The molecule has 0 saturated heterocycles. The fraction of sp³-hybridized carbons (Fsp3) is 0.400. The number of carbonyl (C=O) groups excluding carboxylic acids is 1. The Morgan fingerprint density at radius 1 is 1.27 bits per heavy atom. The smallest absolute Gasteiger partial charge is 0.321 e. The van der Waals surface area contributed by atoms with Gasteiger partial charge in [0.2, 0.25) is 5.13 Å². The minimum atomic E-state index is -0.462. The number of carbonyl (C=O) groups is 1. The first-order valence-corrected chi connectivity index (χ1v) is 7.79. The average Bonchev–Trinajstić information content (AvgIpc) is 2.94. The Morgan fingerprint density at radius 3 is 2.50 bits per heavy atom. The molecule has 1 unspecified atom stereocenters. The molecule has 0 radical (unpaired) electrons. The summed E-state index contributed by atoms with van der Waals surface area (Å²) in [6, 6.07) is 8.42. The van der Waals surface area contributed by atoms with Crippen LogP contribution in [0.15, 0.2) is 30.3 Å². The van der Waals surface area contributed by atoms with Gasteiger partial charge >= 0.3 is 6.03 Å². The average molecular weight is 320 g/mol. The van der Waals surface area contributed by atoms with Gasteiger partial charge in [-0.15, -0.1) is 10.2 Å². The molecule has 2 amide bonds. The Bertz CT molecular complexity index is 622. The summed E-state index contributed by atoms with van der Waals surface area (Å²) in [4.78, 5) is 12.0. The lowest BCUT2D eigenvalue weighted by atomic mass is 9.98. The maximum absolute atomic E-state index is 12.0. The molecule has 118 valence electrons. The van der Waals surface area contributed by atoms with Gasteiger partial charge in [-0.3, -0.25) is 5.32 Å². The Hall–Kier alpha value is -1.99. The third-order valence-corrected chi connectivity index (χ3v) is 4.24. The van der Waals surface area contributed by atoms with Crippen molar-refractivity contribution in [1.82, 2.24) is 15.5 Å². The molecule has 0 bridgehead atoms. The topological polar surface area (TPSA) is 87.1 Å². The van der Waals surface area contributed by atoms with Gasteiger partial charge < -0.3 is 10.4 Å². The van der Waals surface area contributed by atoms with E-state index in [0.717, 1.165) is 10.6 Å². The molecule has 2 aromatic rings. The molecular formula is C15H20N4O2S. The second kappa shape index (κ2) is 6.85. The maximum Gasteiger partial charge on any atom is 0.321 e. The van der Waals surface area contributed by atoms with Crippen molar-refractivity contribution in [1.29, 1.82) is 0 Å². The van der Waals surface area contributed by atoms with Gasteiger partial charge in [0.1, 0.15) is 5.01 Å². The van der Waals surface area contributed by atoms with Crippen molar-refractivity contribution in [3.63, 3.8) is 0 Å². The normalized spacial score (nSPS) is 12.7. The van der Waals surface area contributed by atoms with Gasteiger partial charge in [0.05, 0.1) is 12.6 Å². The molecule has 1 heterocycles. The van der Waals surface area contributed by atoms with Crippen LogP contribution in [-0.4, -0.2) is 27.9 Å². The highest BCUT2D eigenvalue weighted by Crippen LogP contribution is 2.27. The zero-order chi connectivity index (χ0) is 16.2. The number of amides is 2. The van der Waals surface area contributed by atoms with E-state index in [1.54, 1.807) is 0 Å². The Balaban J connectivity index is 1.99. The standard InChI is InChI=1S/C15H20N4O2S/c1-15(2,3)12-18-19-14(22-12)17-13(21)16-11(9-20)10-7-5-4-6-8-10/h4-8,11,20H,9H2,1-3H3,(H2,16,17,19,21). The Labute approximate surface area is 133 Å². The summed E-state index contributed by atoms with van der Waals surface area (Å²) in [5, 5.41) is 24.1. The van der Waals surface area contributed by atoms with Crippen LogP contribution < -0.4 is 10.6 Å². The van der Waals surface area contributed by atoms with Crippen molar-refractivity contribution in [2.45, 2.75) is 32.2 Å². The lowest BCUT2D eigenvalue weighted by Crippen LogP contribution is -2.34. The number of aromatic nitrogens is 2. The number of aliphatic hydroxyl groups is 1. The molecule has 0 aliphatic rings. The second-order valence-electron chi connectivity index (χ2n) is 5.91. The van der Waals surface area contributed by atoms with Gasteiger partial charge in [-0.1, -0.05) is 62.4 Å². The monoisotopic (exact) mass is 320 g/mol. The van der Waals surface area contributed by atoms with E-state index in [-0.39, 0.29) is 12.0 Å². The van der Waals surface area contributed by atoms with Gasteiger partial charge in [-0.2, -0.15) is 0 Å². The fourth-order valence-corrected chi connectivity index (χ4v) is 2.58. The van der Waals surface area contributed by atoms with Crippen LogP contribution in [0.3, 0.4) is 0 Å². The highest BCUT2D eigenvalue weighted by molar-refractivity contribution is 7.15. The summed E-state index contributed by atoms with van der Waals surface area (Å²) in [5.74, 6) is 0. The Morgan fingerprint density at radius 2 is 1.95 bits per heavy atom. The molecule has 0 spiro atoms. The van der Waals surface area contributed by atoms with Gasteiger partial charge in [0.25, 0.3) is 0 Å². The molecular weight excluding hydrogens is 300 g/mol. The largest absolute Gasteiger partial charge is 0.394 e. The number of urea groups is 1. The summed E-state index contributed by atoms with van der Waals surface area (Å²) < 4.78 is 0. The third-order valence-electron chi connectivity index (χ3n) is 2.98. The van der Waals surface area contributed by atoms with Gasteiger partial charge in [0.15, 0.2) is 0 Å². The van der Waals surface area contributed by atoms with Gasteiger partial charge in [-0.05, 0) is 5.56 Å². The second-order valence-corrected chi connectivity index (χ2v) is 6.88. The summed E-state index contributed by atoms with van der Waals surface area (Å²) in [7, 11) is 0. The van der Waals surface area contributed by atoms with E-state index in [1.807, 2.05) is 51.1 Å². The van der Waals surface area contributed by atoms with Crippen LogP contribution in [0, 0.1) is 0 Å². The number of anilines is 1. The van der Waals surface area contributed by atoms with Crippen molar-refractivity contribution in [2.75, 3.05) is 11.9 Å². The number of hydrogen-bond donors (Lipinski definition) is 3. The van der Waals surface area contributed by atoms with E-state index < -0.39 is 12.1 Å². The number of aliphatic hydroxyl groups excluding tert-OH is 1. The minimum Gasteiger partial charge on any atom is -0.394 e. The van der Waals surface area contributed by atoms with Crippen molar-refractivity contribution in [3.8, 4) is 0 Å². The number of nitrogens with zero attached hydrogens (tertiary/aromatic N) is 2. The first kappa shape index (κ1) is 16.4. The molecule has 3 N–H and O–H groups in total. The number of benzene rings is 1. The molecule has 0 saturated carbocycles. The molecule has 22 heavy (non-hydrogen) atoms. The predicted octanol–water partition coefficient (Wildman–Crippen LogP) is 2.69. The summed E-state index contributed by atoms with van der Waals surface area (Å²) in [6.07, 6.45) is 0. The van der Waals surface area contributed by atoms with Crippen molar-refractivity contribution >= 4 is 22.5 Å². The zero-order valence-corrected chi connectivity index (χ0v) is 13.6. The first-order chi connectivity index (χ1) is 10.4. The molecule has 1 aromatic carbocycles. The molecule has 0 aliphatic heterocycles. The lowest BCUT2D eigenvalue weighted by Gasteiger charge is -2.16. The Kier molecular flexibility index (Phi) is 5.10. The molecule has 0 fully saturated rings. The van der Waals surface area contributed by atoms with E-state index in [9.17, 15) is 9.90 Å². The molecule has 7 heteroatoms. The van der Waals surface area contributed by atoms with Crippen LogP contribution in [0.5, 0.6) is 0 Å². The fourth-order valence-electron chi connectivity index (χ4n) is 1.79.